The minimum atomic E-state index is 0.0293. The van der Waals surface area contributed by atoms with Gasteiger partial charge in [0.05, 0.1) is 6.61 Å². The van der Waals surface area contributed by atoms with Crippen molar-refractivity contribution in [2.75, 3.05) is 13.2 Å². The summed E-state index contributed by atoms with van der Waals surface area (Å²) in [6.07, 6.45) is 0. The van der Waals surface area contributed by atoms with Gasteiger partial charge in [-0.25, -0.2) is 0 Å². The maximum Gasteiger partial charge on any atom is 0.0558 e. The summed E-state index contributed by atoms with van der Waals surface area (Å²) in [6.45, 7) is 9.19. The highest BCUT2D eigenvalue weighted by Crippen LogP contribution is 2.25. The first kappa shape index (κ1) is 15.2. The number of nitrogens with two attached hydrogens (primary N) is 1. The van der Waals surface area contributed by atoms with E-state index in [1.54, 1.807) is 0 Å². The highest BCUT2D eigenvalue weighted by atomic mass is 16.3. The van der Waals surface area contributed by atoms with Crippen molar-refractivity contribution in [3.8, 4) is 0 Å². The molecule has 3 heteroatoms. The minimum absolute atomic E-state index is 0.0293. The van der Waals surface area contributed by atoms with Crippen LogP contribution in [0.15, 0.2) is 24.3 Å². The summed E-state index contributed by atoms with van der Waals surface area (Å²) >= 11 is 0. The van der Waals surface area contributed by atoms with Crippen LogP contribution in [-0.2, 0) is 0 Å². The second-order valence-electron chi connectivity index (χ2n) is 5.27. The summed E-state index contributed by atoms with van der Waals surface area (Å²) in [7, 11) is 0. The SMILES string of the molecule is Cc1ccc(C(C(C)N)N(CCO)C(C)C)cc1. The fourth-order valence-corrected chi connectivity index (χ4v) is 2.39. The third kappa shape index (κ3) is 3.80. The predicted molar refractivity (Wildman–Crippen MR) is 76.5 cm³/mol. The molecular formula is C15H26N2O. The molecule has 0 aliphatic rings. The lowest BCUT2D eigenvalue weighted by Crippen LogP contribution is -2.44. The first-order valence-electron chi connectivity index (χ1n) is 6.66. The zero-order valence-electron chi connectivity index (χ0n) is 11.9. The maximum atomic E-state index is 9.22. The van der Waals surface area contributed by atoms with Gasteiger partial charge in [-0.3, -0.25) is 4.90 Å². The molecule has 3 N–H and O–H groups in total. The fourth-order valence-electron chi connectivity index (χ4n) is 2.39. The van der Waals surface area contributed by atoms with Crippen molar-refractivity contribution in [1.82, 2.24) is 4.90 Å². The molecule has 0 aliphatic heterocycles. The Bertz CT molecular complexity index is 346. The van der Waals surface area contributed by atoms with Crippen molar-refractivity contribution in [3.05, 3.63) is 35.4 Å². The lowest BCUT2D eigenvalue weighted by Gasteiger charge is -2.37. The number of rotatable bonds is 6. The summed E-state index contributed by atoms with van der Waals surface area (Å²) in [5, 5.41) is 9.22. The lowest BCUT2D eigenvalue weighted by molar-refractivity contribution is 0.105. The van der Waals surface area contributed by atoms with E-state index in [4.69, 9.17) is 5.73 Å². The van der Waals surface area contributed by atoms with Gasteiger partial charge in [0.2, 0.25) is 0 Å². The number of hydrogen-bond donors (Lipinski definition) is 2. The van der Waals surface area contributed by atoms with Crippen LogP contribution in [-0.4, -0.2) is 35.2 Å². The molecule has 0 radical (unpaired) electrons. The van der Waals surface area contributed by atoms with Crippen LogP contribution in [0.4, 0.5) is 0 Å². The van der Waals surface area contributed by atoms with Crippen LogP contribution in [0.3, 0.4) is 0 Å². The molecule has 18 heavy (non-hydrogen) atoms. The average molecular weight is 250 g/mol. The molecule has 0 fully saturated rings. The Kier molecular flexibility index (Phi) is 5.79. The molecule has 1 aromatic carbocycles. The molecule has 3 nitrogen and oxygen atoms in total. The van der Waals surface area contributed by atoms with Crippen LogP contribution in [0.25, 0.3) is 0 Å². The second-order valence-corrected chi connectivity index (χ2v) is 5.27. The van der Waals surface area contributed by atoms with Crippen molar-refractivity contribution in [2.45, 2.75) is 45.8 Å². The van der Waals surface area contributed by atoms with Gasteiger partial charge < -0.3 is 10.8 Å². The van der Waals surface area contributed by atoms with Gasteiger partial charge in [0.15, 0.2) is 0 Å². The van der Waals surface area contributed by atoms with E-state index >= 15 is 0 Å². The van der Waals surface area contributed by atoms with Gasteiger partial charge in [-0.15, -0.1) is 0 Å². The Morgan fingerprint density at radius 1 is 1.17 bits per heavy atom. The minimum Gasteiger partial charge on any atom is -0.395 e. The molecule has 1 aromatic rings. The summed E-state index contributed by atoms with van der Waals surface area (Å²) in [6, 6.07) is 9.03. The van der Waals surface area contributed by atoms with E-state index in [2.05, 4.69) is 49.9 Å². The first-order chi connectivity index (χ1) is 8.47. The van der Waals surface area contributed by atoms with E-state index in [0.717, 1.165) is 0 Å². The van der Waals surface area contributed by atoms with Crippen LogP contribution >= 0.6 is 0 Å². The van der Waals surface area contributed by atoms with Gasteiger partial charge in [-0.1, -0.05) is 29.8 Å². The quantitative estimate of drug-likeness (QED) is 0.813. The first-order valence-corrected chi connectivity index (χ1v) is 6.66. The van der Waals surface area contributed by atoms with Crippen molar-refractivity contribution >= 4 is 0 Å². The molecule has 0 saturated heterocycles. The normalized spacial score (nSPS) is 15.1. The molecule has 0 spiro atoms. The molecule has 2 atom stereocenters. The van der Waals surface area contributed by atoms with E-state index < -0.39 is 0 Å². The number of aliphatic hydroxyl groups excluding tert-OH is 1. The Morgan fingerprint density at radius 2 is 1.72 bits per heavy atom. The summed E-state index contributed by atoms with van der Waals surface area (Å²) in [4.78, 5) is 2.26. The molecule has 0 amide bonds. The molecular weight excluding hydrogens is 224 g/mol. The monoisotopic (exact) mass is 250 g/mol. The summed E-state index contributed by atoms with van der Waals surface area (Å²) in [5.74, 6) is 0. The topological polar surface area (TPSA) is 49.5 Å². The number of aliphatic hydroxyl groups is 1. The number of nitrogens with zero attached hydrogens (tertiary/aromatic N) is 1. The molecule has 0 saturated carbocycles. The summed E-state index contributed by atoms with van der Waals surface area (Å²) in [5.41, 5.74) is 8.62. The van der Waals surface area contributed by atoms with E-state index in [1.807, 2.05) is 6.92 Å². The maximum absolute atomic E-state index is 9.22. The van der Waals surface area contributed by atoms with E-state index in [0.29, 0.717) is 12.6 Å². The molecule has 1 rings (SSSR count). The van der Waals surface area contributed by atoms with Gasteiger partial charge in [-0.05, 0) is 33.3 Å². The highest BCUT2D eigenvalue weighted by Gasteiger charge is 2.25. The zero-order chi connectivity index (χ0) is 13.7. The van der Waals surface area contributed by atoms with Gasteiger partial charge in [0, 0.05) is 24.7 Å². The van der Waals surface area contributed by atoms with Gasteiger partial charge in [0.25, 0.3) is 0 Å². The third-order valence-electron chi connectivity index (χ3n) is 3.30. The van der Waals surface area contributed by atoms with Crippen LogP contribution in [0.2, 0.25) is 0 Å². The second kappa shape index (κ2) is 6.88. The van der Waals surface area contributed by atoms with Crippen molar-refractivity contribution in [2.24, 2.45) is 5.73 Å². The third-order valence-corrected chi connectivity index (χ3v) is 3.30. The Morgan fingerprint density at radius 3 is 2.11 bits per heavy atom. The van der Waals surface area contributed by atoms with Gasteiger partial charge in [-0.2, -0.15) is 0 Å². The van der Waals surface area contributed by atoms with Crippen molar-refractivity contribution < 1.29 is 5.11 Å². The Hall–Kier alpha value is -0.900. The standard InChI is InChI=1S/C15H26N2O/c1-11(2)17(9-10-18)15(13(4)16)14-7-5-12(3)6-8-14/h5-8,11,13,15,18H,9-10,16H2,1-4H3. The van der Waals surface area contributed by atoms with E-state index in [9.17, 15) is 5.11 Å². The van der Waals surface area contributed by atoms with Gasteiger partial charge in [0.1, 0.15) is 0 Å². The average Bonchev–Trinajstić information content (AvgIpc) is 2.30. The van der Waals surface area contributed by atoms with Crippen LogP contribution in [0.5, 0.6) is 0 Å². The smallest absolute Gasteiger partial charge is 0.0558 e. The molecule has 2 unspecified atom stereocenters. The Balaban J connectivity index is 3.03. The van der Waals surface area contributed by atoms with Crippen LogP contribution < -0.4 is 5.73 Å². The molecule has 0 aromatic heterocycles. The highest BCUT2D eigenvalue weighted by molar-refractivity contribution is 5.25. The van der Waals surface area contributed by atoms with Gasteiger partial charge >= 0.3 is 0 Å². The van der Waals surface area contributed by atoms with E-state index in [-0.39, 0.29) is 18.7 Å². The number of hydrogen-bond acceptors (Lipinski definition) is 3. The largest absolute Gasteiger partial charge is 0.395 e. The predicted octanol–water partition coefficient (Wildman–Crippen LogP) is 2.09. The number of benzene rings is 1. The fraction of sp³-hybridized carbons (Fsp3) is 0.600. The molecule has 102 valence electrons. The van der Waals surface area contributed by atoms with Crippen LogP contribution in [0.1, 0.15) is 37.9 Å². The molecule has 0 heterocycles. The molecule has 0 bridgehead atoms. The molecule has 0 aliphatic carbocycles. The van der Waals surface area contributed by atoms with E-state index in [1.165, 1.54) is 11.1 Å². The Labute approximate surface area is 111 Å². The number of aryl methyl sites for hydroxylation is 1. The van der Waals surface area contributed by atoms with Crippen LogP contribution in [0, 0.1) is 6.92 Å². The van der Waals surface area contributed by atoms with Crippen molar-refractivity contribution in [1.29, 1.82) is 0 Å². The lowest BCUT2D eigenvalue weighted by atomic mass is 9.97. The zero-order valence-corrected chi connectivity index (χ0v) is 11.9. The summed E-state index contributed by atoms with van der Waals surface area (Å²) < 4.78 is 0. The van der Waals surface area contributed by atoms with Crippen molar-refractivity contribution in [3.63, 3.8) is 0 Å².